The molecule has 7 aromatic rings. The van der Waals surface area contributed by atoms with Crippen molar-refractivity contribution in [3.05, 3.63) is 191 Å². The topological polar surface area (TPSA) is 24.7 Å². The van der Waals surface area contributed by atoms with Gasteiger partial charge in [-0.1, -0.05) is 152 Å². The van der Waals surface area contributed by atoms with Crippen molar-refractivity contribution < 1.29 is 0 Å². The van der Waals surface area contributed by atoms with E-state index >= 15 is 0 Å². The number of aryl methyl sites for hydroxylation is 3. The molecule has 0 atom stereocenters. The summed E-state index contributed by atoms with van der Waals surface area (Å²) < 4.78 is 0. The van der Waals surface area contributed by atoms with E-state index in [1.54, 1.807) is 0 Å². The van der Waals surface area contributed by atoms with E-state index in [1.165, 1.54) is 66.1 Å². The normalized spacial score (nSPS) is 13.1. The van der Waals surface area contributed by atoms with Crippen LogP contribution >= 0.6 is 0 Å². The van der Waals surface area contributed by atoms with Gasteiger partial charge in [0.15, 0.2) is 5.84 Å². The average Bonchev–Trinajstić information content (AvgIpc) is 3.18. The summed E-state index contributed by atoms with van der Waals surface area (Å²) in [7, 11) is 0. The predicted octanol–water partition coefficient (Wildman–Crippen LogP) is 12.8. The Morgan fingerprint density at radius 1 is 0.588 bits per heavy atom. The summed E-state index contributed by atoms with van der Waals surface area (Å²) in [5.41, 5.74) is 14.7. The second-order valence-corrected chi connectivity index (χ2v) is 13.5. The lowest BCUT2D eigenvalue weighted by atomic mass is 9.85. The maximum absolute atomic E-state index is 5.19. The third-order valence-electron chi connectivity index (χ3n) is 10.2. The van der Waals surface area contributed by atoms with Crippen molar-refractivity contribution in [1.82, 2.24) is 0 Å². The molecule has 0 spiro atoms. The van der Waals surface area contributed by atoms with E-state index in [-0.39, 0.29) is 0 Å². The molecule has 0 heterocycles. The first-order valence-electron chi connectivity index (χ1n) is 17.8. The van der Waals surface area contributed by atoms with Crippen LogP contribution < -0.4 is 0 Å². The number of fused-ring (bicyclic) bond motifs is 6. The Morgan fingerprint density at radius 3 is 2.04 bits per heavy atom. The van der Waals surface area contributed by atoms with Crippen molar-refractivity contribution in [3.8, 4) is 22.3 Å². The summed E-state index contributed by atoms with van der Waals surface area (Å²) in [4.78, 5) is 10.2. The van der Waals surface area contributed by atoms with Gasteiger partial charge in [-0.2, -0.15) is 0 Å². The minimum atomic E-state index is 0.641. The molecule has 0 saturated heterocycles. The smallest absolute Gasteiger partial charge is 0.160 e. The van der Waals surface area contributed by atoms with Crippen LogP contribution in [0.4, 0.5) is 0 Å². The molecule has 0 N–H and O–H groups in total. The van der Waals surface area contributed by atoms with Crippen LogP contribution in [-0.4, -0.2) is 11.5 Å². The number of aliphatic imine (C=N–C) groups is 2. The van der Waals surface area contributed by atoms with E-state index in [0.29, 0.717) is 11.5 Å². The van der Waals surface area contributed by atoms with Crippen molar-refractivity contribution in [2.45, 2.75) is 33.6 Å². The number of amidine groups is 1. The molecule has 0 bridgehead atoms. The highest BCUT2D eigenvalue weighted by atomic mass is 14.9. The molecule has 0 unspecified atom stereocenters. The van der Waals surface area contributed by atoms with Crippen LogP contribution in [0.5, 0.6) is 0 Å². The fraction of sp³-hybridized carbons (Fsp3) is 0.102. The van der Waals surface area contributed by atoms with Gasteiger partial charge < -0.3 is 0 Å². The monoisotopic (exact) mass is 656 g/mol. The predicted molar refractivity (Wildman–Crippen MR) is 220 cm³/mol. The summed E-state index contributed by atoms with van der Waals surface area (Å²) in [5, 5.41) is 5.36. The van der Waals surface area contributed by atoms with E-state index < -0.39 is 0 Å². The number of benzene rings is 7. The van der Waals surface area contributed by atoms with E-state index in [0.717, 1.165) is 35.2 Å². The summed E-state index contributed by atoms with van der Waals surface area (Å²) in [5.74, 6) is 0.641. The Labute approximate surface area is 300 Å². The molecule has 1 aliphatic carbocycles. The van der Waals surface area contributed by atoms with Crippen molar-refractivity contribution >= 4 is 44.9 Å². The van der Waals surface area contributed by atoms with Crippen LogP contribution in [0.3, 0.4) is 0 Å². The van der Waals surface area contributed by atoms with Crippen LogP contribution in [0.2, 0.25) is 0 Å². The zero-order valence-corrected chi connectivity index (χ0v) is 29.4. The largest absolute Gasteiger partial charge is 0.233 e. The first-order valence-corrected chi connectivity index (χ1v) is 17.8. The second-order valence-electron chi connectivity index (χ2n) is 13.5. The van der Waals surface area contributed by atoms with Gasteiger partial charge in [0.25, 0.3) is 0 Å². The molecule has 2 heteroatoms. The SMILES string of the molecule is C=C(N=C(N=C(C)c1cccc(C)c1-c1ccc(-c2ccc3c4c(c5ccccc5c3c2)CCC=C4)cc1C)c1ccccc1)c1ccccc1. The van der Waals surface area contributed by atoms with Crippen molar-refractivity contribution in [3.63, 3.8) is 0 Å². The van der Waals surface area contributed by atoms with Crippen LogP contribution in [-0.2, 0) is 6.42 Å². The van der Waals surface area contributed by atoms with Gasteiger partial charge in [0.1, 0.15) is 0 Å². The molecule has 0 amide bonds. The van der Waals surface area contributed by atoms with Gasteiger partial charge in [-0.25, -0.2) is 9.98 Å². The maximum Gasteiger partial charge on any atom is 0.160 e. The molecule has 0 aromatic heterocycles. The zero-order chi connectivity index (χ0) is 34.9. The lowest BCUT2D eigenvalue weighted by Gasteiger charge is -2.19. The molecule has 0 fully saturated rings. The molecular formula is C49H40N2. The highest BCUT2D eigenvalue weighted by Crippen LogP contribution is 2.39. The highest BCUT2D eigenvalue weighted by molar-refractivity contribution is 6.16. The van der Waals surface area contributed by atoms with Crippen molar-refractivity contribution in [2.24, 2.45) is 9.98 Å². The summed E-state index contributed by atoms with van der Waals surface area (Å²) >= 11 is 0. The third-order valence-corrected chi connectivity index (χ3v) is 10.2. The molecule has 1 aliphatic rings. The quantitative estimate of drug-likeness (QED) is 0.0967. The molecule has 0 saturated carbocycles. The highest BCUT2D eigenvalue weighted by Gasteiger charge is 2.17. The van der Waals surface area contributed by atoms with Gasteiger partial charge in [-0.05, 0) is 111 Å². The van der Waals surface area contributed by atoms with Gasteiger partial charge in [0.2, 0.25) is 0 Å². The second kappa shape index (κ2) is 13.7. The third kappa shape index (κ3) is 6.15. The summed E-state index contributed by atoms with van der Waals surface area (Å²) in [6.45, 7) is 10.8. The van der Waals surface area contributed by atoms with Crippen LogP contribution in [0, 0.1) is 13.8 Å². The molecule has 51 heavy (non-hydrogen) atoms. The van der Waals surface area contributed by atoms with Crippen LogP contribution in [0.25, 0.3) is 55.6 Å². The molecular weight excluding hydrogens is 617 g/mol. The Balaban J connectivity index is 1.20. The average molecular weight is 657 g/mol. The standard InChI is InChI=1S/C49H40N2/c1-32-16-15-25-41(35(4)51-49(37-19-9-6-10-20-37)50-34(3)36-17-7-5-8-18-36)48(32)40-28-26-38(30-33(40)2)39-27-29-46-44-23-12-11-21-42(44)43-22-13-14-24-45(43)47(46)31-39/h5-10,12-20,22-31H,3,11,21H2,1-2,4H3. The lowest BCUT2D eigenvalue weighted by molar-refractivity contribution is 1.00. The Hall–Kier alpha value is -6.12. The number of hydrogen-bond donors (Lipinski definition) is 0. The summed E-state index contributed by atoms with van der Waals surface area (Å²) in [6.07, 6.45) is 6.84. The van der Waals surface area contributed by atoms with Crippen molar-refractivity contribution in [1.29, 1.82) is 0 Å². The van der Waals surface area contributed by atoms with Gasteiger partial charge >= 0.3 is 0 Å². The van der Waals surface area contributed by atoms with Crippen molar-refractivity contribution in [2.75, 3.05) is 0 Å². The minimum Gasteiger partial charge on any atom is -0.233 e. The van der Waals surface area contributed by atoms with E-state index in [9.17, 15) is 0 Å². The Bertz CT molecular complexity index is 2550. The number of rotatable bonds is 6. The van der Waals surface area contributed by atoms with E-state index in [2.05, 4.69) is 130 Å². The fourth-order valence-corrected chi connectivity index (χ4v) is 7.59. The number of allylic oxidation sites excluding steroid dienone is 1. The molecule has 2 nitrogen and oxygen atoms in total. The summed E-state index contributed by atoms with van der Waals surface area (Å²) in [6, 6.07) is 49.5. The number of hydrogen-bond acceptors (Lipinski definition) is 1. The van der Waals surface area contributed by atoms with E-state index in [4.69, 9.17) is 9.98 Å². The Morgan fingerprint density at radius 2 is 1.27 bits per heavy atom. The van der Waals surface area contributed by atoms with Gasteiger partial charge in [0, 0.05) is 16.8 Å². The molecule has 8 rings (SSSR count). The van der Waals surface area contributed by atoms with Crippen LogP contribution in [0.15, 0.2) is 162 Å². The number of nitrogens with zero attached hydrogens (tertiary/aromatic N) is 2. The van der Waals surface area contributed by atoms with Gasteiger partial charge in [0.05, 0.1) is 5.70 Å². The lowest BCUT2D eigenvalue weighted by Crippen LogP contribution is -2.06. The van der Waals surface area contributed by atoms with E-state index in [1.807, 2.05) is 48.5 Å². The molecule has 0 aliphatic heterocycles. The Kier molecular flexibility index (Phi) is 8.59. The maximum atomic E-state index is 5.19. The molecule has 246 valence electrons. The molecule has 7 aromatic carbocycles. The van der Waals surface area contributed by atoms with Gasteiger partial charge in [-0.3, -0.25) is 0 Å². The molecule has 0 radical (unpaired) electrons. The first-order chi connectivity index (χ1) is 25.0. The van der Waals surface area contributed by atoms with Crippen LogP contribution in [0.1, 0.15) is 52.3 Å². The fourth-order valence-electron chi connectivity index (χ4n) is 7.59. The van der Waals surface area contributed by atoms with Gasteiger partial charge in [-0.15, -0.1) is 0 Å². The zero-order valence-electron chi connectivity index (χ0n) is 29.4. The minimum absolute atomic E-state index is 0.641. The first kappa shape index (κ1) is 32.1.